The standard InChI is InChI=1S/C20H14N2OS2/c21-17-11-14-6-2-1-5-13(14)10-16(17)15-7-3-4-12(8-15)9-18-19(23)22-20(24)25-18/h1-11H,21H2,(H,22,23,24). The van der Waals surface area contributed by atoms with E-state index in [1.165, 1.54) is 11.8 Å². The molecule has 1 heterocycles. The van der Waals surface area contributed by atoms with Crippen LogP contribution in [-0.2, 0) is 4.79 Å². The summed E-state index contributed by atoms with van der Waals surface area (Å²) in [6, 6.07) is 20.2. The van der Waals surface area contributed by atoms with E-state index in [9.17, 15) is 4.79 Å². The molecule has 25 heavy (non-hydrogen) atoms. The summed E-state index contributed by atoms with van der Waals surface area (Å²) in [5.41, 5.74) is 9.94. The van der Waals surface area contributed by atoms with Crippen molar-refractivity contribution in [2.45, 2.75) is 0 Å². The minimum absolute atomic E-state index is 0.148. The van der Waals surface area contributed by atoms with E-state index in [4.69, 9.17) is 18.0 Å². The number of hydrogen-bond acceptors (Lipinski definition) is 4. The molecule has 3 N–H and O–H groups in total. The number of fused-ring (bicyclic) bond motifs is 1. The quantitative estimate of drug-likeness (QED) is 0.398. The third-order valence-electron chi connectivity index (χ3n) is 4.06. The summed E-state index contributed by atoms with van der Waals surface area (Å²) >= 11 is 6.31. The highest BCUT2D eigenvalue weighted by Gasteiger charge is 2.21. The van der Waals surface area contributed by atoms with Gasteiger partial charge in [-0.25, -0.2) is 0 Å². The Morgan fingerprint density at radius 3 is 2.48 bits per heavy atom. The molecule has 122 valence electrons. The van der Waals surface area contributed by atoms with Gasteiger partial charge in [0.1, 0.15) is 4.32 Å². The first-order valence-corrected chi connectivity index (χ1v) is 8.96. The van der Waals surface area contributed by atoms with Crippen LogP contribution >= 0.6 is 24.0 Å². The fraction of sp³-hybridized carbons (Fsp3) is 0. The first-order valence-electron chi connectivity index (χ1n) is 7.74. The first-order chi connectivity index (χ1) is 12.1. The highest BCUT2D eigenvalue weighted by atomic mass is 32.2. The molecule has 0 aliphatic carbocycles. The van der Waals surface area contributed by atoms with Gasteiger partial charge in [0.15, 0.2) is 0 Å². The second-order valence-corrected chi connectivity index (χ2v) is 7.48. The van der Waals surface area contributed by atoms with E-state index in [1.807, 2.05) is 48.5 Å². The van der Waals surface area contributed by atoms with E-state index < -0.39 is 0 Å². The van der Waals surface area contributed by atoms with E-state index in [0.29, 0.717) is 9.23 Å². The minimum Gasteiger partial charge on any atom is -0.398 e. The van der Waals surface area contributed by atoms with Crippen LogP contribution in [0.3, 0.4) is 0 Å². The molecule has 0 unspecified atom stereocenters. The van der Waals surface area contributed by atoms with Crippen molar-refractivity contribution in [1.29, 1.82) is 0 Å². The van der Waals surface area contributed by atoms with Gasteiger partial charge in [-0.05, 0) is 46.2 Å². The fourth-order valence-corrected chi connectivity index (χ4v) is 3.92. The van der Waals surface area contributed by atoms with Crippen molar-refractivity contribution in [3.05, 3.63) is 71.1 Å². The van der Waals surface area contributed by atoms with Crippen LogP contribution < -0.4 is 11.1 Å². The summed E-state index contributed by atoms with van der Waals surface area (Å²) in [5, 5.41) is 4.89. The van der Waals surface area contributed by atoms with Crippen molar-refractivity contribution in [2.75, 3.05) is 5.73 Å². The normalized spacial score (nSPS) is 15.8. The molecule has 0 atom stereocenters. The molecule has 0 saturated carbocycles. The smallest absolute Gasteiger partial charge is 0.263 e. The number of anilines is 1. The second kappa shape index (κ2) is 6.35. The van der Waals surface area contributed by atoms with Crippen LogP contribution in [0.4, 0.5) is 5.69 Å². The number of hydrogen-bond donors (Lipinski definition) is 2. The van der Waals surface area contributed by atoms with Crippen LogP contribution in [0.5, 0.6) is 0 Å². The molecule has 3 aromatic rings. The van der Waals surface area contributed by atoms with Gasteiger partial charge in [0.05, 0.1) is 4.91 Å². The number of nitrogens with two attached hydrogens (primary N) is 1. The maximum Gasteiger partial charge on any atom is 0.263 e. The van der Waals surface area contributed by atoms with Gasteiger partial charge in [-0.3, -0.25) is 4.79 Å². The Balaban J connectivity index is 1.77. The lowest BCUT2D eigenvalue weighted by Crippen LogP contribution is -2.17. The molecule has 4 rings (SSSR count). The summed E-state index contributed by atoms with van der Waals surface area (Å²) < 4.78 is 0.492. The van der Waals surface area contributed by atoms with Gasteiger partial charge in [0, 0.05) is 11.3 Å². The highest BCUT2D eigenvalue weighted by molar-refractivity contribution is 8.26. The van der Waals surface area contributed by atoms with Gasteiger partial charge in [-0.2, -0.15) is 0 Å². The zero-order valence-electron chi connectivity index (χ0n) is 13.2. The highest BCUT2D eigenvalue weighted by Crippen LogP contribution is 2.32. The summed E-state index contributed by atoms with van der Waals surface area (Å²) in [4.78, 5) is 12.4. The van der Waals surface area contributed by atoms with Crippen molar-refractivity contribution >= 4 is 56.7 Å². The first kappa shape index (κ1) is 15.9. The number of benzene rings is 3. The molecule has 3 aromatic carbocycles. The Hall–Kier alpha value is -2.63. The summed E-state index contributed by atoms with van der Waals surface area (Å²) in [7, 11) is 0. The van der Waals surface area contributed by atoms with Gasteiger partial charge in [-0.1, -0.05) is 66.4 Å². The lowest BCUT2D eigenvalue weighted by Gasteiger charge is -2.09. The van der Waals surface area contributed by atoms with Gasteiger partial charge in [0.2, 0.25) is 0 Å². The molecule has 0 radical (unpaired) electrons. The van der Waals surface area contributed by atoms with Gasteiger partial charge >= 0.3 is 0 Å². The molecule has 0 aromatic heterocycles. The van der Waals surface area contributed by atoms with Gasteiger partial charge in [0.25, 0.3) is 5.91 Å². The molecule has 0 bridgehead atoms. The molecule has 3 nitrogen and oxygen atoms in total. The number of thioether (sulfide) groups is 1. The SMILES string of the molecule is Nc1cc2ccccc2cc1-c1cccc(C=C2SC(=S)NC2=O)c1. The average Bonchev–Trinajstić information content (AvgIpc) is 2.91. The molecular weight excluding hydrogens is 348 g/mol. The van der Waals surface area contributed by atoms with Crippen LogP contribution in [0.2, 0.25) is 0 Å². The molecule has 1 fully saturated rings. The van der Waals surface area contributed by atoms with Crippen LogP contribution in [0.1, 0.15) is 5.56 Å². The summed E-state index contributed by atoms with van der Waals surface area (Å²) in [6.45, 7) is 0. The Morgan fingerprint density at radius 1 is 1.00 bits per heavy atom. The maximum absolute atomic E-state index is 11.8. The number of carbonyl (C=O) groups is 1. The van der Waals surface area contributed by atoms with E-state index in [-0.39, 0.29) is 5.91 Å². The largest absolute Gasteiger partial charge is 0.398 e. The minimum atomic E-state index is -0.148. The molecule has 0 spiro atoms. The summed E-state index contributed by atoms with van der Waals surface area (Å²) in [6.07, 6.45) is 1.85. The predicted octanol–water partition coefficient (Wildman–Crippen LogP) is 4.58. The van der Waals surface area contributed by atoms with Crippen molar-refractivity contribution in [1.82, 2.24) is 5.32 Å². The Morgan fingerprint density at radius 2 is 1.76 bits per heavy atom. The summed E-state index contributed by atoms with van der Waals surface area (Å²) in [5.74, 6) is -0.148. The Bertz CT molecular complexity index is 1060. The van der Waals surface area contributed by atoms with E-state index in [0.717, 1.165) is 33.2 Å². The lowest BCUT2D eigenvalue weighted by atomic mass is 9.98. The molecule has 1 aliphatic rings. The molecule has 1 amide bonds. The number of rotatable bonds is 2. The predicted molar refractivity (Wildman–Crippen MR) is 110 cm³/mol. The topological polar surface area (TPSA) is 55.1 Å². The Kier molecular flexibility index (Phi) is 4.03. The zero-order valence-corrected chi connectivity index (χ0v) is 14.8. The fourth-order valence-electron chi connectivity index (χ4n) is 2.88. The Labute approximate surface area is 154 Å². The molecule has 1 aliphatic heterocycles. The monoisotopic (exact) mass is 362 g/mol. The van der Waals surface area contributed by atoms with Crippen LogP contribution in [0, 0.1) is 0 Å². The molecule has 1 saturated heterocycles. The van der Waals surface area contributed by atoms with Gasteiger partial charge < -0.3 is 11.1 Å². The number of amides is 1. The maximum atomic E-state index is 11.8. The van der Waals surface area contributed by atoms with Crippen LogP contribution in [-0.4, -0.2) is 10.2 Å². The number of nitrogen functional groups attached to an aromatic ring is 1. The molecular formula is C20H14N2OS2. The van der Waals surface area contributed by atoms with E-state index >= 15 is 0 Å². The number of carbonyl (C=O) groups excluding carboxylic acids is 1. The van der Waals surface area contributed by atoms with Crippen molar-refractivity contribution in [3.63, 3.8) is 0 Å². The van der Waals surface area contributed by atoms with E-state index in [2.05, 4.69) is 23.5 Å². The van der Waals surface area contributed by atoms with Crippen LogP contribution in [0.25, 0.3) is 28.0 Å². The number of nitrogens with one attached hydrogen (secondary N) is 1. The second-order valence-electron chi connectivity index (χ2n) is 5.76. The van der Waals surface area contributed by atoms with Crippen molar-refractivity contribution < 1.29 is 4.79 Å². The average molecular weight is 362 g/mol. The van der Waals surface area contributed by atoms with E-state index in [1.54, 1.807) is 0 Å². The van der Waals surface area contributed by atoms with Crippen molar-refractivity contribution in [2.24, 2.45) is 0 Å². The number of thiocarbonyl (C=S) groups is 1. The molecule has 5 heteroatoms. The third-order valence-corrected chi connectivity index (χ3v) is 5.22. The lowest BCUT2D eigenvalue weighted by molar-refractivity contribution is -0.115. The zero-order chi connectivity index (χ0) is 17.4. The third kappa shape index (κ3) is 3.16. The van der Waals surface area contributed by atoms with Gasteiger partial charge in [-0.15, -0.1) is 0 Å². The van der Waals surface area contributed by atoms with Crippen LogP contribution in [0.15, 0.2) is 65.6 Å². The van der Waals surface area contributed by atoms with Crippen molar-refractivity contribution in [3.8, 4) is 11.1 Å².